The Morgan fingerprint density at radius 2 is 0.986 bits per heavy atom. The third-order valence-corrected chi connectivity index (χ3v) is 11.1. The molecule has 6 aromatic rings. The van der Waals surface area contributed by atoms with Gasteiger partial charge in [0.15, 0.2) is 58.9 Å². The lowest BCUT2D eigenvalue weighted by Crippen LogP contribution is -2.34. The Hall–Kier alpha value is -6.45. The molecular weight excluding hydrogens is 919 g/mol. The summed E-state index contributed by atoms with van der Waals surface area (Å²) in [5.41, 5.74) is 19.8. The van der Waals surface area contributed by atoms with E-state index in [4.69, 9.17) is 55.8 Å². The standard InChI is InChI=1S/C13H17N5O5.C13H17N5O4.C10H13N5O4.C3H6O2/c1-2-7(19)22-3-6-9(20)10(21)13(23-6)18-5-17-8-11(14)15-4-16-12(8)18;1-13(2)21-8-6(3-19)20-12(9(8)22-13)18-5-17-7-10(14)15-4-16-11(7)18;11-8-5-9(13-2-12-8)15(3-14-5)10-7(18)6(17)4(1-16)19-10;1-2-3(4)5/h4-6,9-10,13,20-21H,2-3H2,1H3,(H2,14,15,16);4-6,8-9,12,19H,3H2,1-2H3,(H2,14,15,16);2-4,6-7,10,16-18H,1H2,(H2,11,12,13);2H2,1H3,(H,4,5)/t6-,9-,10-,13-;6-,8-,9-,12-;4-,6-,7-,10-;/m111./s1. The van der Waals surface area contributed by atoms with E-state index >= 15 is 0 Å². The summed E-state index contributed by atoms with van der Waals surface area (Å²) in [6.45, 7) is 6.24. The number of hydrogen-bond acceptors (Lipinski definition) is 26. The predicted octanol–water partition coefficient (Wildman–Crippen LogP) is -2.70. The van der Waals surface area contributed by atoms with Gasteiger partial charge in [0.05, 0.1) is 32.2 Å². The molecule has 0 saturated carbocycles. The van der Waals surface area contributed by atoms with Gasteiger partial charge in [0.1, 0.15) is 97.1 Å². The summed E-state index contributed by atoms with van der Waals surface area (Å²) in [6, 6.07) is 0. The molecule has 0 bridgehead atoms. The van der Waals surface area contributed by atoms with Crippen molar-refractivity contribution in [3.63, 3.8) is 0 Å². The molecule has 0 amide bonds. The Labute approximate surface area is 389 Å². The number of fused-ring (bicyclic) bond motifs is 4. The molecule has 6 aromatic heterocycles. The Balaban J connectivity index is 0.000000146. The highest BCUT2D eigenvalue weighted by Gasteiger charge is 2.56. The molecule has 4 saturated heterocycles. The minimum atomic E-state index is -1.23. The number of carboxylic acids is 1. The van der Waals surface area contributed by atoms with Crippen molar-refractivity contribution in [2.45, 2.75) is 120 Å². The topological polar surface area (TPSA) is 440 Å². The number of carbonyl (C=O) groups excluding carboxylic acids is 1. The molecule has 10 heterocycles. The fourth-order valence-corrected chi connectivity index (χ4v) is 7.68. The molecule has 0 aliphatic carbocycles. The maximum Gasteiger partial charge on any atom is 0.305 e. The Morgan fingerprint density at radius 3 is 1.39 bits per heavy atom. The number of nitrogens with zero attached hydrogens (tertiary/aromatic N) is 12. The Morgan fingerprint density at radius 1 is 0.594 bits per heavy atom. The zero-order valence-electron chi connectivity index (χ0n) is 37.4. The van der Waals surface area contributed by atoms with Crippen LogP contribution in [-0.4, -0.2) is 187 Å². The number of rotatable bonds is 9. The van der Waals surface area contributed by atoms with Gasteiger partial charge in [0.2, 0.25) is 0 Å². The number of nitrogens with two attached hydrogens (primary N) is 3. The average molecular weight is 972 g/mol. The van der Waals surface area contributed by atoms with Gasteiger partial charge in [0, 0.05) is 12.8 Å². The van der Waals surface area contributed by atoms with Crippen LogP contribution in [0.3, 0.4) is 0 Å². The third kappa shape index (κ3) is 10.3. The minimum Gasteiger partial charge on any atom is -0.481 e. The van der Waals surface area contributed by atoms with E-state index < -0.39 is 85.7 Å². The van der Waals surface area contributed by atoms with Gasteiger partial charge in [-0.3, -0.25) is 23.3 Å². The highest BCUT2D eigenvalue weighted by atomic mass is 16.8. The summed E-state index contributed by atoms with van der Waals surface area (Å²) in [5, 5.41) is 66.3. The monoisotopic (exact) mass is 971 g/mol. The summed E-state index contributed by atoms with van der Waals surface area (Å²) in [5.74, 6) is -1.15. The van der Waals surface area contributed by atoms with Crippen LogP contribution in [0.1, 0.15) is 59.2 Å². The van der Waals surface area contributed by atoms with Gasteiger partial charge in [-0.15, -0.1) is 0 Å². The molecule has 12 atom stereocenters. The first kappa shape index (κ1) is 50.4. The normalized spacial score (nSPS) is 28.9. The number of aliphatic hydroxyl groups is 6. The summed E-state index contributed by atoms with van der Waals surface area (Å²) in [6.07, 6.45) is -1.21. The van der Waals surface area contributed by atoms with E-state index in [0.29, 0.717) is 39.3 Å². The number of carbonyl (C=O) groups is 2. The van der Waals surface area contributed by atoms with Gasteiger partial charge < -0.3 is 81.4 Å². The molecule has 4 aliphatic rings. The van der Waals surface area contributed by atoms with Crippen molar-refractivity contribution in [2.24, 2.45) is 0 Å². The molecule has 0 aromatic carbocycles. The lowest BCUT2D eigenvalue weighted by atomic mass is 10.1. The average Bonchev–Trinajstić information content (AvgIpc) is 4.22. The van der Waals surface area contributed by atoms with Gasteiger partial charge in [-0.2, -0.15) is 0 Å². The van der Waals surface area contributed by atoms with E-state index in [1.165, 1.54) is 40.8 Å². The quantitative estimate of drug-likeness (QED) is 0.0659. The zero-order chi connectivity index (χ0) is 49.9. The smallest absolute Gasteiger partial charge is 0.305 e. The SMILES string of the molecule is CC1(C)O[C@@H]2[C@H](O1)[C@@H](CO)O[C@H]2n1cnc2c(N)ncnc21.CCC(=O)O.CCC(=O)OC[C@H]1O[C@@H](n2cnc3c(N)ncnc32)[C@H](O)[C@@H]1O.Nc1ncnc2c1ncn2[C@@H]1O[C@H](CO)[C@@H](O)[C@H]1O. The van der Waals surface area contributed by atoms with E-state index in [-0.39, 0.29) is 49.9 Å². The minimum absolute atomic E-state index is 0.148. The van der Waals surface area contributed by atoms with Gasteiger partial charge in [-0.05, 0) is 13.8 Å². The Kier molecular flexibility index (Phi) is 15.4. The first-order valence-corrected chi connectivity index (χ1v) is 21.4. The van der Waals surface area contributed by atoms with Crippen LogP contribution in [0, 0.1) is 0 Å². The lowest BCUT2D eigenvalue weighted by molar-refractivity contribution is -0.199. The number of aromatic nitrogens is 12. The van der Waals surface area contributed by atoms with Crippen LogP contribution in [0.4, 0.5) is 17.5 Å². The molecule has 4 aliphatic heterocycles. The summed E-state index contributed by atoms with van der Waals surface area (Å²) >= 11 is 0. The number of nitrogen functional groups attached to an aromatic ring is 3. The second kappa shape index (κ2) is 21.0. The summed E-state index contributed by atoms with van der Waals surface area (Å²) in [7, 11) is 0. The van der Waals surface area contributed by atoms with Crippen LogP contribution in [0.15, 0.2) is 38.0 Å². The third-order valence-electron chi connectivity index (χ3n) is 11.1. The van der Waals surface area contributed by atoms with Crippen molar-refractivity contribution >= 4 is 62.9 Å². The lowest BCUT2D eigenvalue weighted by Gasteiger charge is -2.24. The van der Waals surface area contributed by atoms with Crippen LogP contribution in [0.2, 0.25) is 0 Å². The molecule has 374 valence electrons. The number of aliphatic hydroxyl groups excluding tert-OH is 6. The summed E-state index contributed by atoms with van der Waals surface area (Å²) in [4.78, 5) is 56.8. The van der Waals surface area contributed by atoms with Gasteiger partial charge in [-0.1, -0.05) is 13.8 Å². The largest absolute Gasteiger partial charge is 0.481 e. The van der Waals surface area contributed by atoms with Crippen LogP contribution < -0.4 is 17.2 Å². The van der Waals surface area contributed by atoms with E-state index in [9.17, 15) is 35.1 Å². The number of ether oxygens (including phenoxy) is 6. The van der Waals surface area contributed by atoms with E-state index in [1.807, 2.05) is 13.8 Å². The molecular formula is C39H53N15O15. The second-order valence-corrected chi connectivity index (χ2v) is 16.1. The fourth-order valence-electron chi connectivity index (χ4n) is 7.68. The number of anilines is 3. The number of hydrogen-bond donors (Lipinski definition) is 10. The maximum absolute atomic E-state index is 11.2. The summed E-state index contributed by atoms with van der Waals surface area (Å²) < 4.78 is 38.3. The van der Waals surface area contributed by atoms with Crippen molar-refractivity contribution < 1.29 is 73.8 Å². The van der Waals surface area contributed by atoms with Crippen molar-refractivity contribution in [2.75, 3.05) is 37.0 Å². The highest BCUT2D eigenvalue weighted by Crippen LogP contribution is 2.44. The van der Waals surface area contributed by atoms with Crippen molar-refractivity contribution in [1.29, 1.82) is 0 Å². The zero-order valence-corrected chi connectivity index (χ0v) is 37.4. The molecule has 30 nitrogen and oxygen atoms in total. The number of aliphatic carboxylic acids is 1. The number of imidazole rings is 3. The van der Waals surface area contributed by atoms with Gasteiger partial charge in [0.25, 0.3) is 0 Å². The second-order valence-electron chi connectivity index (χ2n) is 16.1. The molecule has 4 fully saturated rings. The molecule has 0 radical (unpaired) electrons. The van der Waals surface area contributed by atoms with Crippen molar-refractivity contribution in [3.05, 3.63) is 38.0 Å². The number of esters is 1. The molecule has 10 rings (SSSR count). The molecule has 13 N–H and O–H groups in total. The maximum atomic E-state index is 11.2. The van der Waals surface area contributed by atoms with Crippen LogP contribution in [-0.2, 0) is 38.0 Å². The number of carboxylic acid groups (broad SMARTS) is 1. The van der Waals surface area contributed by atoms with Gasteiger partial charge >= 0.3 is 11.9 Å². The van der Waals surface area contributed by atoms with E-state index in [0.717, 1.165) is 0 Å². The van der Waals surface area contributed by atoms with Gasteiger partial charge in [-0.25, -0.2) is 44.9 Å². The molecule has 0 unspecified atom stereocenters. The molecule has 69 heavy (non-hydrogen) atoms. The van der Waals surface area contributed by atoms with E-state index in [1.54, 1.807) is 24.7 Å². The van der Waals surface area contributed by atoms with Crippen molar-refractivity contribution in [3.8, 4) is 0 Å². The van der Waals surface area contributed by atoms with E-state index in [2.05, 4.69) is 44.9 Å². The Bertz CT molecular complexity index is 2720. The van der Waals surface area contributed by atoms with Crippen LogP contribution >= 0.6 is 0 Å². The first-order chi connectivity index (χ1) is 32.9. The van der Waals surface area contributed by atoms with Crippen LogP contribution in [0.5, 0.6) is 0 Å². The van der Waals surface area contributed by atoms with Crippen molar-refractivity contribution in [1.82, 2.24) is 58.6 Å². The fraction of sp³-hybridized carbons (Fsp3) is 0.564. The first-order valence-electron chi connectivity index (χ1n) is 21.4. The molecule has 0 spiro atoms. The predicted molar refractivity (Wildman–Crippen MR) is 232 cm³/mol. The van der Waals surface area contributed by atoms with Crippen LogP contribution in [0.25, 0.3) is 33.5 Å². The highest BCUT2D eigenvalue weighted by molar-refractivity contribution is 5.82. The molecule has 30 heteroatoms.